The van der Waals surface area contributed by atoms with Gasteiger partial charge in [-0.1, -0.05) is 15.9 Å². The fraction of sp³-hybridized carbons (Fsp3) is 0.222. The first-order valence-corrected chi connectivity index (χ1v) is 7.20. The minimum atomic E-state index is -3.62. The molecular weight excluding hydrogens is 360 g/mol. The SMILES string of the molecule is CN(CC#N)S(=O)(=O)c1cc(Br)ccc1Br. The zero-order valence-corrected chi connectivity index (χ0v) is 12.3. The van der Waals surface area contributed by atoms with Crippen LogP contribution in [0.3, 0.4) is 0 Å². The van der Waals surface area contributed by atoms with Gasteiger partial charge >= 0.3 is 0 Å². The Bertz CT molecular complexity index is 537. The van der Waals surface area contributed by atoms with E-state index < -0.39 is 10.0 Å². The summed E-state index contributed by atoms with van der Waals surface area (Å²) in [5.41, 5.74) is 0. The molecule has 0 fully saturated rings. The molecule has 0 amide bonds. The monoisotopic (exact) mass is 366 g/mol. The Morgan fingerprint density at radius 2 is 2.06 bits per heavy atom. The molecule has 0 radical (unpaired) electrons. The molecular formula is C9H8Br2N2O2S. The molecule has 4 nitrogen and oxygen atoms in total. The second kappa shape index (κ2) is 5.27. The van der Waals surface area contributed by atoms with Crippen molar-refractivity contribution >= 4 is 41.9 Å². The lowest BCUT2D eigenvalue weighted by atomic mass is 10.4. The zero-order valence-electron chi connectivity index (χ0n) is 8.31. The van der Waals surface area contributed by atoms with Crippen molar-refractivity contribution in [2.24, 2.45) is 0 Å². The van der Waals surface area contributed by atoms with Crippen LogP contribution in [0.5, 0.6) is 0 Å². The second-order valence-corrected chi connectivity index (χ2v) is 6.78. The Kier molecular flexibility index (Phi) is 4.50. The molecule has 0 saturated carbocycles. The van der Waals surface area contributed by atoms with Crippen LogP contribution < -0.4 is 0 Å². The third kappa shape index (κ3) is 2.83. The van der Waals surface area contributed by atoms with Crippen LogP contribution in [-0.4, -0.2) is 26.3 Å². The topological polar surface area (TPSA) is 61.2 Å². The summed E-state index contributed by atoms with van der Waals surface area (Å²) in [6, 6.07) is 6.66. The summed E-state index contributed by atoms with van der Waals surface area (Å²) < 4.78 is 26.2. The van der Waals surface area contributed by atoms with Gasteiger partial charge < -0.3 is 0 Å². The molecule has 1 aromatic rings. The number of hydrogen-bond donors (Lipinski definition) is 0. The van der Waals surface area contributed by atoms with Crippen LogP contribution in [0.2, 0.25) is 0 Å². The molecule has 0 unspecified atom stereocenters. The quantitative estimate of drug-likeness (QED) is 0.770. The van der Waals surface area contributed by atoms with E-state index >= 15 is 0 Å². The molecule has 0 spiro atoms. The Balaban J connectivity index is 3.28. The lowest BCUT2D eigenvalue weighted by Gasteiger charge is -2.14. The Morgan fingerprint density at radius 1 is 1.44 bits per heavy atom. The molecule has 0 atom stereocenters. The maximum absolute atomic E-state index is 12.0. The molecule has 86 valence electrons. The summed E-state index contributed by atoms with van der Waals surface area (Å²) in [7, 11) is -2.25. The third-order valence-corrected chi connectivity index (χ3v) is 5.17. The maximum atomic E-state index is 12.0. The molecule has 0 N–H and O–H groups in total. The molecule has 1 aromatic carbocycles. The van der Waals surface area contributed by atoms with Crippen LogP contribution in [0, 0.1) is 11.3 Å². The predicted molar refractivity (Wildman–Crippen MR) is 67.3 cm³/mol. The Morgan fingerprint density at radius 3 is 2.62 bits per heavy atom. The van der Waals surface area contributed by atoms with Crippen LogP contribution in [0.25, 0.3) is 0 Å². The van der Waals surface area contributed by atoms with Gasteiger partial charge in [-0.3, -0.25) is 0 Å². The summed E-state index contributed by atoms with van der Waals surface area (Å²) in [6.07, 6.45) is 0. The number of sulfonamides is 1. The number of rotatable bonds is 3. The maximum Gasteiger partial charge on any atom is 0.244 e. The minimum Gasteiger partial charge on any atom is -0.207 e. The van der Waals surface area contributed by atoms with Gasteiger partial charge in [0.05, 0.1) is 11.0 Å². The molecule has 0 bridgehead atoms. The molecule has 0 aliphatic rings. The van der Waals surface area contributed by atoms with E-state index in [4.69, 9.17) is 5.26 Å². The van der Waals surface area contributed by atoms with Gasteiger partial charge in [0, 0.05) is 16.0 Å². The van der Waals surface area contributed by atoms with E-state index in [2.05, 4.69) is 31.9 Å². The standard InChI is InChI=1S/C9H8Br2N2O2S/c1-13(5-4-12)16(14,15)9-6-7(10)2-3-8(9)11/h2-3,6H,5H2,1H3. The van der Waals surface area contributed by atoms with E-state index in [1.165, 1.54) is 13.1 Å². The van der Waals surface area contributed by atoms with Gasteiger partial charge in [-0.25, -0.2) is 8.42 Å². The molecule has 0 aliphatic heterocycles. The van der Waals surface area contributed by atoms with Crippen LogP contribution in [-0.2, 0) is 10.0 Å². The number of nitriles is 1. The average molecular weight is 368 g/mol. The summed E-state index contributed by atoms with van der Waals surface area (Å²) in [5.74, 6) is 0. The normalized spacial score (nSPS) is 11.4. The van der Waals surface area contributed by atoms with Gasteiger partial charge in [-0.05, 0) is 34.1 Å². The highest BCUT2D eigenvalue weighted by Gasteiger charge is 2.23. The van der Waals surface area contributed by atoms with Crippen molar-refractivity contribution in [2.45, 2.75) is 4.90 Å². The first kappa shape index (κ1) is 13.6. The highest BCUT2D eigenvalue weighted by atomic mass is 79.9. The first-order chi connectivity index (χ1) is 7.39. The number of nitrogens with zero attached hydrogens (tertiary/aromatic N) is 2. The van der Waals surface area contributed by atoms with Crippen molar-refractivity contribution in [3.05, 3.63) is 27.1 Å². The van der Waals surface area contributed by atoms with Crippen molar-refractivity contribution in [2.75, 3.05) is 13.6 Å². The van der Waals surface area contributed by atoms with E-state index in [0.29, 0.717) is 8.95 Å². The van der Waals surface area contributed by atoms with Crippen LogP contribution in [0.1, 0.15) is 0 Å². The minimum absolute atomic E-state index is 0.139. The van der Waals surface area contributed by atoms with E-state index in [1.807, 2.05) is 0 Å². The highest BCUT2D eigenvalue weighted by molar-refractivity contribution is 9.11. The molecule has 0 heterocycles. The molecule has 0 aromatic heterocycles. The van der Waals surface area contributed by atoms with Crippen LogP contribution in [0.15, 0.2) is 32.0 Å². The zero-order chi connectivity index (χ0) is 12.3. The predicted octanol–water partition coefficient (Wildman–Crippen LogP) is 2.36. The molecule has 0 aliphatic carbocycles. The van der Waals surface area contributed by atoms with Crippen LogP contribution >= 0.6 is 31.9 Å². The molecule has 7 heteroatoms. The molecule has 0 saturated heterocycles. The molecule has 1 rings (SSSR count). The smallest absolute Gasteiger partial charge is 0.207 e. The van der Waals surface area contributed by atoms with Crippen molar-refractivity contribution in [1.29, 1.82) is 5.26 Å². The fourth-order valence-corrected chi connectivity index (χ4v) is 3.55. The average Bonchev–Trinajstić information content (AvgIpc) is 2.22. The van der Waals surface area contributed by atoms with Crippen molar-refractivity contribution in [3.63, 3.8) is 0 Å². The lowest BCUT2D eigenvalue weighted by Crippen LogP contribution is -2.27. The van der Waals surface area contributed by atoms with E-state index in [1.54, 1.807) is 18.2 Å². The van der Waals surface area contributed by atoms with E-state index in [-0.39, 0.29) is 11.4 Å². The van der Waals surface area contributed by atoms with Gasteiger partial charge in [0.25, 0.3) is 0 Å². The Hall–Kier alpha value is -0.420. The highest BCUT2D eigenvalue weighted by Crippen LogP contribution is 2.27. The van der Waals surface area contributed by atoms with E-state index in [9.17, 15) is 8.42 Å². The van der Waals surface area contributed by atoms with Crippen molar-refractivity contribution in [3.8, 4) is 6.07 Å². The first-order valence-electron chi connectivity index (χ1n) is 4.18. The van der Waals surface area contributed by atoms with Crippen LogP contribution in [0.4, 0.5) is 0 Å². The second-order valence-electron chi connectivity index (χ2n) is 2.99. The van der Waals surface area contributed by atoms with E-state index in [0.717, 1.165) is 4.31 Å². The largest absolute Gasteiger partial charge is 0.244 e. The fourth-order valence-electron chi connectivity index (χ4n) is 1.03. The van der Waals surface area contributed by atoms with Gasteiger partial charge in [-0.2, -0.15) is 9.57 Å². The van der Waals surface area contributed by atoms with Crippen molar-refractivity contribution in [1.82, 2.24) is 4.31 Å². The number of benzene rings is 1. The van der Waals surface area contributed by atoms with Gasteiger partial charge in [0.15, 0.2) is 0 Å². The molecule has 16 heavy (non-hydrogen) atoms. The summed E-state index contributed by atoms with van der Waals surface area (Å²) in [4.78, 5) is 0.139. The van der Waals surface area contributed by atoms with Gasteiger partial charge in [-0.15, -0.1) is 0 Å². The van der Waals surface area contributed by atoms with Crippen molar-refractivity contribution < 1.29 is 8.42 Å². The third-order valence-electron chi connectivity index (χ3n) is 1.87. The summed E-state index contributed by atoms with van der Waals surface area (Å²) in [5, 5.41) is 8.49. The summed E-state index contributed by atoms with van der Waals surface area (Å²) >= 11 is 6.38. The lowest BCUT2D eigenvalue weighted by molar-refractivity contribution is 0.501. The Labute approximate surface area is 111 Å². The number of hydrogen-bond acceptors (Lipinski definition) is 3. The summed E-state index contributed by atoms with van der Waals surface area (Å²) in [6.45, 7) is -0.179. The number of halogens is 2. The van der Waals surface area contributed by atoms with Gasteiger partial charge in [0.1, 0.15) is 6.54 Å². The van der Waals surface area contributed by atoms with Gasteiger partial charge in [0.2, 0.25) is 10.0 Å².